The van der Waals surface area contributed by atoms with Crippen LogP contribution in [0.25, 0.3) is 22.0 Å². The number of carbonyl (C=O) groups is 1. The number of benzene rings is 2. The molecule has 0 radical (unpaired) electrons. The summed E-state index contributed by atoms with van der Waals surface area (Å²) in [5.41, 5.74) is 1.15. The molecule has 1 saturated heterocycles. The van der Waals surface area contributed by atoms with E-state index in [1.807, 2.05) is 6.07 Å². The molecule has 5 rings (SSSR count). The van der Waals surface area contributed by atoms with E-state index in [1.165, 1.54) is 12.4 Å². The number of hydrogen-bond donors (Lipinski definition) is 1. The van der Waals surface area contributed by atoms with Crippen LogP contribution in [0.1, 0.15) is 25.7 Å². The first kappa shape index (κ1) is 20.5. The molecule has 3 aromatic rings. The molecule has 0 amide bonds. The van der Waals surface area contributed by atoms with Gasteiger partial charge in [-0.25, -0.2) is 14.4 Å². The van der Waals surface area contributed by atoms with E-state index < -0.39 is 17.2 Å². The number of carboxylic acids is 1. The third-order valence-electron chi connectivity index (χ3n) is 6.67. The minimum Gasteiger partial charge on any atom is -0.481 e. The van der Waals surface area contributed by atoms with Crippen molar-refractivity contribution in [3.63, 3.8) is 0 Å². The lowest BCUT2D eigenvalue weighted by molar-refractivity contribution is -0.145. The summed E-state index contributed by atoms with van der Waals surface area (Å²) >= 11 is 12.3. The molecule has 5 nitrogen and oxygen atoms in total. The molecule has 0 spiro atoms. The molecule has 0 bridgehead atoms. The lowest BCUT2D eigenvalue weighted by Gasteiger charge is -2.37. The molecule has 2 aromatic carbocycles. The molecular weight excluding hydrogens is 440 g/mol. The number of hydrogen-bond acceptors (Lipinski definition) is 4. The maximum Gasteiger partial charge on any atom is 0.309 e. The van der Waals surface area contributed by atoms with Crippen LogP contribution >= 0.6 is 23.2 Å². The zero-order valence-electron chi connectivity index (χ0n) is 16.6. The molecule has 1 atom stereocenters. The topological polar surface area (TPSA) is 66.3 Å². The van der Waals surface area contributed by atoms with Crippen LogP contribution in [0.5, 0.6) is 0 Å². The Morgan fingerprint density at radius 2 is 1.97 bits per heavy atom. The smallest absolute Gasteiger partial charge is 0.309 e. The molecule has 1 unspecified atom stereocenters. The van der Waals surface area contributed by atoms with Gasteiger partial charge in [0, 0.05) is 13.1 Å². The average Bonchev–Trinajstić information content (AvgIpc) is 3.58. The summed E-state index contributed by atoms with van der Waals surface area (Å²) in [6.07, 6.45) is 4.54. The Morgan fingerprint density at radius 1 is 1.16 bits per heavy atom. The summed E-state index contributed by atoms with van der Waals surface area (Å²) in [7, 11) is 0. The van der Waals surface area contributed by atoms with Gasteiger partial charge in [0.1, 0.15) is 23.5 Å². The van der Waals surface area contributed by atoms with Gasteiger partial charge in [0.05, 0.1) is 20.8 Å². The molecule has 2 heterocycles. The van der Waals surface area contributed by atoms with Crippen molar-refractivity contribution < 1.29 is 14.3 Å². The Kier molecular flexibility index (Phi) is 5.02. The zero-order chi connectivity index (χ0) is 21.8. The van der Waals surface area contributed by atoms with Gasteiger partial charge in [-0.15, -0.1) is 0 Å². The standard InChI is InChI=1S/C23H20Cl2FN3O2/c24-16-5-3-13(10-17(16)25)15-4-6-18(26)20-19(15)21(28-12-27-20)29-9-1-2-14(11-29)23(7-8-23)22(30)31/h3-6,10,12,14H,1-2,7-9,11H2,(H,30,31). The van der Waals surface area contributed by atoms with Gasteiger partial charge in [0.25, 0.3) is 0 Å². The normalized spacial score (nSPS) is 20.1. The first-order chi connectivity index (χ1) is 14.9. The van der Waals surface area contributed by atoms with Crippen molar-refractivity contribution in [2.75, 3.05) is 18.0 Å². The summed E-state index contributed by atoms with van der Waals surface area (Å²) in [6, 6.07) is 8.37. The fourth-order valence-corrected chi connectivity index (χ4v) is 5.12. The van der Waals surface area contributed by atoms with Crippen LogP contribution < -0.4 is 4.90 Å². The Balaban J connectivity index is 1.63. The predicted molar refractivity (Wildman–Crippen MR) is 119 cm³/mol. The van der Waals surface area contributed by atoms with Crippen LogP contribution in [0, 0.1) is 17.2 Å². The molecular formula is C23H20Cl2FN3O2. The minimum absolute atomic E-state index is 0.0470. The van der Waals surface area contributed by atoms with E-state index >= 15 is 0 Å². The van der Waals surface area contributed by atoms with Gasteiger partial charge in [-0.3, -0.25) is 4.79 Å². The average molecular weight is 460 g/mol. The summed E-state index contributed by atoms with van der Waals surface area (Å²) < 4.78 is 14.7. The summed E-state index contributed by atoms with van der Waals surface area (Å²) in [5.74, 6) is -0.475. The van der Waals surface area contributed by atoms with Gasteiger partial charge in [-0.05, 0) is 60.9 Å². The molecule has 1 aliphatic carbocycles. The highest BCUT2D eigenvalue weighted by molar-refractivity contribution is 6.42. The number of aliphatic carboxylic acids is 1. The second-order valence-electron chi connectivity index (χ2n) is 8.39. The van der Waals surface area contributed by atoms with E-state index in [4.69, 9.17) is 23.2 Å². The highest BCUT2D eigenvalue weighted by atomic mass is 35.5. The number of anilines is 1. The maximum absolute atomic E-state index is 14.7. The van der Waals surface area contributed by atoms with Crippen molar-refractivity contribution in [3.05, 3.63) is 52.5 Å². The van der Waals surface area contributed by atoms with Crippen LogP contribution in [0.15, 0.2) is 36.7 Å². The monoisotopic (exact) mass is 459 g/mol. The molecule has 160 valence electrons. The number of piperidine rings is 1. The third kappa shape index (κ3) is 3.42. The summed E-state index contributed by atoms with van der Waals surface area (Å²) in [4.78, 5) is 22.7. The second-order valence-corrected chi connectivity index (χ2v) is 9.21. The third-order valence-corrected chi connectivity index (χ3v) is 7.41. The minimum atomic E-state index is -0.713. The van der Waals surface area contributed by atoms with Gasteiger partial charge in [-0.1, -0.05) is 35.3 Å². The van der Waals surface area contributed by atoms with E-state index in [9.17, 15) is 14.3 Å². The molecule has 8 heteroatoms. The second kappa shape index (κ2) is 7.61. The van der Waals surface area contributed by atoms with Crippen LogP contribution in [0.3, 0.4) is 0 Å². The number of nitrogens with zero attached hydrogens (tertiary/aromatic N) is 3. The van der Waals surface area contributed by atoms with Crippen molar-refractivity contribution in [1.82, 2.24) is 9.97 Å². The zero-order valence-corrected chi connectivity index (χ0v) is 18.1. The fourth-order valence-electron chi connectivity index (χ4n) is 4.82. The number of carboxylic acid groups (broad SMARTS) is 1. The van der Waals surface area contributed by atoms with Gasteiger partial charge in [0.2, 0.25) is 0 Å². The predicted octanol–water partition coefficient (Wildman–Crippen LogP) is 5.82. The first-order valence-electron chi connectivity index (χ1n) is 10.3. The van der Waals surface area contributed by atoms with Gasteiger partial charge in [-0.2, -0.15) is 0 Å². The Bertz CT molecular complexity index is 1200. The van der Waals surface area contributed by atoms with Gasteiger partial charge < -0.3 is 10.0 Å². The SMILES string of the molecule is O=C(O)C1(C2CCCN(c3ncnc4c(F)ccc(-c5ccc(Cl)c(Cl)c5)c34)C2)CC1. The van der Waals surface area contributed by atoms with Crippen LogP contribution in [-0.2, 0) is 4.79 Å². The lowest BCUT2D eigenvalue weighted by atomic mass is 9.82. The molecule has 31 heavy (non-hydrogen) atoms. The summed E-state index contributed by atoms with van der Waals surface area (Å²) in [5, 5.41) is 11.2. The number of halogens is 3. The van der Waals surface area contributed by atoms with Crippen molar-refractivity contribution >= 4 is 45.9 Å². The molecule has 1 aliphatic heterocycles. The Hall–Kier alpha value is -2.44. The van der Waals surface area contributed by atoms with E-state index in [1.54, 1.807) is 18.2 Å². The Labute approximate surface area is 188 Å². The van der Waals surface area contributed by atoms with E-state index in [0.29, 0.717) is 40.6 Å². The quantitative estimate of drug-likeness (QED) is 0.531. The molecule has 1 N–H and O–H groups in total. The van der Waals surface area contributed by atoms with Gasteiger partial charge in [0.15, 0.2) is 0 Å². The van der Waals surface area contributed by atoms with E-state index in [2.05, 4.69) is 14.9 Å². The number of rotatable bonds is 4. The largest absolute Gasteiger partial charge is 0.481 e. The van der Waals surface area contributed by atoms with Crippen molar-refractivity contribution in [2.24, 2.45) is 11.3 Å². The van der Waals surface area contributed by atoms with E-state index in [-0.39, 0.29) is 11.4 Å². The fraction of sp³-hybridized carbons (Fsp3) is 0.348. The maximum atomic E-state index is 14.7. The summed E-state index contributed by atoms with van der Waals surface area (Å²) in [6.45, 7) is 1.31. The first-order valence-corrected chi connectivity index (χ1v) is 11.0. The van der Waals surface area contributed by atoms with Crippen LogP contribution in [0.2, 0.25) is 10.0 Å². The molecule has 1 aromatic heterocycles. The molecule has 1 saturated carbocycles. The van der Waals surface area contributed by atoms with Gasteiger partial charge >= 0.3 is 5.97 Å². The van der Waals surface area contributed by atoms with Crippen molar-refractivity contribution in [2.45, 2.75) is 25.7 Å². The molecule has 2 aliphatic rings. The lowest BCUT2D eigenvalue weighted by Crippen LogP contribution is -2.42. The van der Waals surface area contributed by atoms with Crippen molar-refractivity contribution in [1.29, 1.82) is 0 Å². The highest BCUT2D eigenvalue weighted by Gasteiger charge is 2.56. The Morgan fingerprint density at radius 3 is 2.68 bits per heavy atom. The number of fused-ring (bicyclic) bond motifs is 1. The number of aromatic nitrogens is 2. The molecule has 2 fully saturated rings. The van der Waals surface area contributed by atoms with Crippen molar-refractivity contribution in [3.8, 4) is 11.1 Å². The van der Waals surface area contributed by atoms with E-state index in [0.717, 1.165) is 30.5 Å². The highest BCUT2D eigenvalue weighted by Crippen LogP contribution is 2.55. The van der Waals surface area contributed by atoms with Crippen LogP contribution in [-0.4, -0.2) is 34.1 Å². The van der Waals surface area contributed by atoms with Crippen LogP contribution in [0.4, 0.5) is 10.2 Å².